The minimum atomic E-state index is 0.0868. The molecule has 1 saturated heterocycles. The van der Waals surface area contributed by atoms with Gasteiger partial charge in [0.1, 0.15) is 11.5 Å². The van der Waals surface area contributed by atoms with Gasteiger partial charge in [0, 0.05) is 18.2 Å². The number of furan rings is 1. The van der Waals surface area contributed by atoms with E-state index in [9.17, 15) is 4.79 Å². The summed E-state index contributed by atoms with van der Waals surface area (Å²) in [6, 6.07) is 4.45. The van der Waals surface area contributed by atoms with Crippen LogP contribution in [0.15, 0.2) is 22.6 Å². The van der Waals surface area contributed by atoms with Crippen molar-refractivity contribution in [1.82, 2.24) is 4.90 Å². The highest BCUT2D eigenvalue weighted by molar-refractivity contribution is 5.91. The third kappa shape index (κ3) is 2.84. The molecule has 1 fully saturated rings. The summed E-state index contributed by atoms with van der Waals surface area (Å²) in [4.78, 5) is 14.2. The Morgan fingerprint density at radius 3 is 2.56 bits per heavy atom. The summed E-state index contributed by atoms with van der Waals surface area (Å²) in [5.74, 6) is 1.68. The van der Waals surface area contributed by atoms with E-state index in [1.807, 2.05) is 24.0 Å². The molecule has 2 atom stereocenters. The molecule has 0 saturated carbocycles. The summed E-state index contributed by atoms with van der Waals surface area (Å²) < 4.78 is 5.42. The number of piperidine rings is 1. The Morgan fingerprint density at radius 1 is 1.33 bits per heavy atom. The number of hydrogen-bond donors (Lipinski definition) is 0. The van der Waals surface area contributed by atoms with Crippen LogP contribution in [0.5, 0.6) is 0 Å². The van der Waals surface area contributed by atoms with Crippen LogP contribution in [-0.4, -0.2) is 22.9 Å². The van der Waals surface area contributed by atoms with E-state index < -0.39 is 0 Å². The van der Waals surface area contributed by atoms with E-state index >= 15 is 0 Å². The van der Waals surface area contributed by atoms with E-state index in [0.717, 1.165) is 24.4 Å². The Hall–Kier alpha value is -1.51. The fourth-order valence-corrected chi connectivity index (χ4v) is 2.64. The zero-order valence-corrected chi connectivity index (χ0v) is 11.3. The first kappa shape index (κ1) is 12.9. The molecule has 0 bridgehead atoms. The summed E-state index contributed by atoms with van der Waals surface area (Å²) in [5.41, 5.74) is 0. The van der Waals surface area contributed by atoms with Crippen LogP contribution in [-0.2, 0) is 4.79 Å². The molecule has 0 N–H and O–H groups in total. The van der Waals surface area contributed by atoms with Gasteiger partial charge in [-0.25, -0.2) is 0 Å². The molecule has 1 aliphatic heterocycles. The lowest BCUT2D eigenvalue weighted by molar-refractivity contribution is -0.131. The van der Waals surface area contributed by atoms with Gasteiger partial charge in [0.05, 0.1) is 0 Å². The van der Waals surface area contributed by atoms with Crippen molar-refractivity contribution in [3.63, 3.8) is 0 Å². The fourth-order valence-electron chi connectivity index (χ4n) is 2.64. The Bertz CT molecular complexity index is 437. The summed E-state index contributed by atoms with van der Waals surface area (Å²) in [6.45, 7) is 6.14. The second-order valence-electron chi connectivity index (χ2n) is 5.16. The van der Waals surface area contributed by atoms with Gasteiger partial charge in [-0.05, 0) is 58.2 Å². The maximum Gasteiger partial charge on any atom is 0.247 e. The summed E-state index contributed by atoms with van der Waals surface area (Å²) >= 11 is 0. The van der Waals surface area contributed by atoms with Gasteiger partial charge in [0.15, 0.2) is 0 Å². The Kier molecular flexibility index (Phi) is 3.90. The lowest BCUT2D eigenvalue weighted by Gasteiger charge is -2.38. The number of nitrogens with zero attached hydrogens (tertiary/aromatic N) is 1. The highest BCUT2D eigenvalue weighted by Crippen LogP contribution is 2.23. The van der Waals surface area contributed by atoms with E-state index in [1.54, 1.807) is 12.2 Å². The van der Waals surface area contributed by atoms with E-state index in [4.69, 9.17) is 4.42 Å². The first-order valence-electron chi connectivity index (χ1n) is 6.64. The number of likely N-dealkylation sites (tertiary alicyclic amines) is 1. The molecule has 3 nitrogen and oxygen atoms in total. The van der Waals surface area contributed by atoms with Crippen LogP contribution in [0.4, 0.5) is 0 Å². The van der Waals surface area contributed by atoms with Crippen molar-refractivity contribution in [2.75, 3.05) is 0 Å². The minimum Gasteiger partial charge on any atom is -0.462 e. The zero-order chi connectivity index (χ0) is 13.1. The quantitative estimate of drug-likeness (QED) is 0.750. The van der Waals surface area contributed by atoms with Gasteiger partial charge in [-0.3, -0.25) is 4.79 Å². The van der Waals surface area contributed by atoms with Crippen molar-refractivity contribution in [2.45, 2.75) is 52.1 Å². The number of carbonyl (C=O) groups is 1. The molecule has 18 heavy (non-hydrogen) atoms. The molecular weight excluding hydrogens is 226 g/mol. The molecule has 2 unspecified atom stereocenters. The predicted octanol–water partition coefficient (Wildman–Crippen LogP) is 3.39. The van der Waals surface area contributed by atoms with Gasteiger partial charge in [-0.1, -0.05) is 0 Å². The normalized spacial score (nSPS) is 24.7. The van der Waals surface area contributed by atoms with E-state index in [1.165, 1.54) is 6.42 Å². The molecular formula is C15H21NO2. The monoisotopic (exact) mass is 247 g/mol. The average Bonchev–Trinajstić information content (AvgIpc) is 2.72. The van der Waals surface area contributed by atoms with Crippen LogP contribution in [0.25, 0.3) is 6.08 Å². The third-order valence-corrected chi connectivity index (χ3v) is 3.60. The predicted molar refractivity (Wildman–Crippen MR) is 72.1 cm³/mol. The fraction of sp³-hybridized carbons (Fsp3) is 0.533. The molecule has 0 aliphatic carbocycles. The Labute approximate surface area is 108 Å². The molecule has 98 valence electrons. The largest absolute Gasteiger partial charge is 0.462 e. The molecule has 0 radical (unpaired) electrons. The second-order valence-corrected chi connectivity index (χ2v) is 5.16. The van der Waals surface area contributed by atoms with Crippen LogP contribution in [0.2, 0.25) is 0 Å². The van der Waals surface area contributed by atoms with E-state index in [-0.39, 0.29) is 5.91 Å². The highest BCUT2D eigenvalue weighted by Gasteiger charge is 2.27. The first-order chi connectivity index (χ1) is 8.58. The van der Waals surface area contributed by atoms with Gasteiger partial charge in [0.2, 0.25) is 5.91 Å². The summed E-state index contributed by atoms with van der Waals surface area (Å²) in [5, 5.41) is 0. The van der Waals surface area contributed by atoms with E-state index in [0.29, 0.717) is 12.1 Å². The lowest BCUT2D eigenvalue weighted by atomic mass is 9.97. The SMILES string of the molecule is Cc1ccc(/C=C/C(=O)N2C(C)CCCC2C)o1. The van der Waals surface area contributed by atoms with E-state index in [2.05, 4.69) is 13.8 Å². The van der Waals surface area contributed by atoms with Crippen molar-refractivity contribution >= 4 is 12.0 Å². The summed E-state index contributed by atoms with van der Waals surface area (Å²) in [7, 11) is 0. The molecule has 0 aromatic carbocycles. The van der Waals surface area contributed by atoms with Crippen molar-refractivity contribution in [3.05, 3.63) is 29.7 Å². The molecule has 1 aromatic rings. The average molecular weight is 247 g/mol. The lowest BCUT2D eigenvalue weighted by Crippen LogP contribution is -2.46. The molecule has 1 aromatic heterocycles. The molecule has 0 spiro atoms. The third-order valence-electron chi connectivity index (χ3n) is 3.60. The van der Waals surface area contributed by atoms with Gasteiger partial charge in [-0.2, -0.15) is 0 Å². The number of hydrogen-bond acceptors (Lipinski definition) is 2. The highest BCUT2D eigenvalue weighted by atomic mass is 16.3. The molecule has 2 heterocycles. The molecule has 3 heteroatoms. The molecule has 1 aliphatic rings. The van der Waals surface area contributed by atoms with Gasteiger partial charge < -0.3 is 9.32 Å². The van der Waals surface area contributed by atoms with Gasteiger partial charge >= 0.3 is 0 Å². The van der Waals surface area contributed by atoms with Crippen LogP contribution < -0.4 is 0 Å². The van der Waals surface area contributed by atoms with Crippen LogP contribution in [0, 0.1) is 6.92 Å². The van der Waals surface area contributed by atoms with Crippen molar-refractivity contribution < 1.29 is 9.21 Å². The van der Waals surface area contributed by atoms with Crippen LogP contribution in [0.1, 0.15) is 44.6 Å². The molecule has 2 rings (SSSR count). The Morgan fingerprint density at radius 2 is 2.00 bits per heavy atom. The van der Waals surface area contributed by atoms with Gasteiger partial charge in [-0.15, -0.1) is 0 Å². The molecule has 1 amide bonds. The van der Waals surface area contributed by atoms with Crippen molar-refractivity contribution in [3.8, 4) is 0 Å². The standard InChI is InChI=1S/C15H21NO2/c1-11-5-4-6-12(2)16(11)15(17)10-9-14-8-7-13(3)18-14/h7-12H,4-6H2,1-3H3/b10-9+. The maximum absolute atomic E-state index is 12.2. The number of amides is 1. The maximum atomic E-state index is 12.2. The van der Waals surface area contributed by atoms with Crippen LogP contribution in [0.3, 0.4) is 0 Å². The Balaban J connectivity index is 2.04. The van der Waals surface area contributed by atoms with Crippen LogP contribution >= 0.6 is 0 Å². The van der Waals surface area contributed by atoms with Gasteiger partial charge in [0.25, 0.3) is 0 Å². The number of carbonyl (C=O) groups excluding carboxylic acids is 1. The topological polar surface area (TPSA) is 33.5 Å². The number of aryl methyl sites for hydroxylation is 1. The smallest absolute Gasteiger partial charge is 0.247 e. The van der Waals surface area contributed by atoms with Crippen molar-refractivity contribution in [2.24, 2.45) is 0 Å². The first-order valence-corrected chi connectivity index (χ1v) is 6.64. The second kappa shape index (κ2) is 5.42. The summed E-state index contributed by atoms with van der Waals surface area (Å²) in [6.07, 6.45) is 6.79. The van der Waals surface area contributed by atoms with Crippen molar-refractivity contribution in [1.29, 1.82) is 0 Å². The minimum absolute atomic E-state index is 0.0868. The number of rotatable bonds is 2. The zero-order valence-electron chi connectivity index (χ0n) is 11.3.